The Balaban J connectivity index is 2.29. The molecule has 146 valence electrons. The van der Waals surface area contributed by atoms with Gasteiger partial charge >= 0.3 is 0 Å². The summed E-state index contributed by atoms with van der Waals surface area (Å²) in [5, 5.41) is 2.77. The van der Waals surface area contributed by atoms with Crippen molar-refractivity contribution in [3.8, 4) is 0 Å². The molecule has 1 amide bonds. The fourth-order valence-electron chi connectivity index (χ4n) is 2.87. The molecule has 0 spiro atoms. The molecule has 1 aliphatic rings. The van der Waals surface area contributed by atoms with E-state index in [1.807, 2.05) is 0 Å². The number of nitrogens with one attached hydrogen (secondary N) is 1. The van der Waals surface area contributed by atoms with Crippen molar-refractivity contribution >= 4 is 16.0 Å². The molecule has 10 heteroatoms. The number of hydrogen-bond acceptors (Lipinski definition) is 8. The van der Waals surface area contributed by atoms with Gasteiger partial charge in [0.15, 0.2) is 6.29 Å². The standard InChI is InChI=1S/C16H24N2O7S/c1-22-14-12(18-15(19)10-7-5-4-6-8-10)16(23-2)24-11(9-17)13(14)25-26(3,20)21/h4-8,11-14,16H,9,17H2,1-3H3,(H,18,19)/t11-,12-,13-,14+,16-/m1/s1. The molecule has 5 atom stereocenters. The smallest absolute Gasteiger partial charge is 0.264 e. The van der Waals surface area contributed by atoms with Crippen LogP contribution in [0.1, 0.15) is 10.4 Å². The third-order valence-electron chi connectivity index (χ3n) is 4.00. The van der Waals surface area contributed by atoms with Crippen molar-refractivity contribution in [2.45, 2.75) is 30.6 Å². The summed E-state index contributed by atoms with van der Waals surface area (Å²) in [7, 11) is -1.01. The van der Waals surface area contributed by atoms with E-state index in [4.69, 9.17) is 24.1 Å². The van der Waals surface area contributed by atoms with E-state index in [-0.39, 0.29) is 12.5 Å². The van der Waals surface area contributed by atoms with E-state index < -0.39 is 40.8 Å². The zero-order chi connectivity index (χ0) is 19.3. The number of nitrogens with two attached hydrogens (primary N) is 1. The number of carbonyl (C=O) groups is 1. The monoisotopic (exact) mass is 388 g/mol. The number of carbonyl (C=O) groups excluding carboxylic acids is 1. The van der Waals surface area contributed by atoms with Crippen molar-refractivity contribution in [1.82, 2.24) is 5.32 Å². The minimum Gasteiger partial charge on any atom is -0.376 e. The molecule has 0 radical (unpaired) electrons. The molecule has 0 saturated carbocycles. The topological polar surface area (TPSA) is 126 Å². The van der Waals surface area contributed by atoms with Crippen LogP contribution in [0, 0.1) is 0 Å². The van der Waals surface area contributed by atoms with Gasteiger partial charge in [0.2, 0.25) is 0 Å². The van der Waals surface area contributed by atoms with E-state index in [2.05, 4.69) is 5.32 Å². The first kappa shape index (κ1) is 20.7. The fourth-order valence-corrected chi connectivity index (χ4v) is 3.51. The van der Waals surface area contributed by atoms with Crippen LogP contribution in [0.3, 0.4) is 0 Å². The van der Waals surface area contributed by atoms with Crippen molar-refractivity contribution in [3.63, 3.8) is 0 Å². The molecule has 3 N–H and O–H groups in total. The van der Waals surface area contributed by atoms with Crippen LogP contribution in [0.5, 0.6) is 0 Å². The lowest BCUT2D eigenvalue weighted by atomic mass is 9.96. The molecule has 0 aromatic heterocycles. The number of hydrogen-bond donors (Lipinski definition) is 2. The highest BCUT2D eigenvalue weighted by Gasteiger charge is 2.49. The van der Waals surface area contributed by atoms with Crippen molar-refractivity contribution in [3.05, 3.63) is 35.9 Å². The van der Waals surface area contributed by atoms with E-state index >= 15 is 0 Å². The van der Waals surface area contributed by atoms with Crippen molar-refractivity contribution in [2.75, 3.05) is 27.0 Å². The lowest BCUT2D eigenvalue weighted by Gasteiger charge is -2.44. The number of rotatable bonds is 7. The molecule has 2 rings (SSSR count). The van der Waals surface area contributed by atoms with Crippen molar-refractivity contribution in [2.24, 2.45) is 5.73 Å². The number of amides is 1. The molecule has 0 aliphatic carbocycles. The van der Waals surface area contributed by atoms with Crippen LogP contribution >= 0.6 is 0 Å². The summed E-state index contributed by atoms with van der Waals surface area (Å²) in [5.74, 6) is -0.382. The van der Waals surface area contributed by atoms with Gasteiger partial charge in [0.25, 0.3) is 16.0 Å². The van der Waals surface area contributed by atoms with Crippen molar-refractivity contribution < 1.29 is 31.6 Å². The molecule has 1 aromatic rings. The summed E-state index contributed by atoms with van der Waals surface area (Å²) in [6.07, 6.45) is -2.64. The molecule has 1 heterocycles. The van der Waals surface area contributed by atoms with Gasteiger partial charge in [-0.1, -0.05) is 18.2 Å². The van der Waals surface area contributed by atoms with Gasteiger partial charge in [-0.15, -0.1) is 0 Å². The highest BCUT2D eigenvalue weighted by Crippen LogP contribution is 2.27. The van der Waals surface area contributed by atoms with Crippen LogP contribution in [0.2, 0.25) is 0 Å². The first-order valence-electron chi connectivity index (χ1n) is 7.96. The molecule has 1 saturated heterocycles. The maximum atomic E-state index is 12.5. The Labute approximate surface area is 152 Å². The third kappa shape index (κ3) is 5.00. The summed E-state index contributed by atoms with van der Waals surface area (Å²) in [6.45, 7) is -0.0146. The van der Waals surface area contributed by atoms with Gasteiger partial charge in [-0.05, 0) is 12.1 Å². The average molecular weight is 388 g/mol. The molecule has 1 fully saturated rings. The SMILES string of the molecule is CO[C@@H]1O[C@H](CN)[C@@H](OS(C)(=O)=O)[C@@H](OC)[C@H]1NC(=O)c1ccccc1. The van der Waals surface area contributed by atoms with E-state index in [0.717, 1.165) is 6.26 Å². The lowest BCUT2D eigenvalue weighted by Crippen LogP contribution is -2.66. The zero-order valence-electron chi connectivity index (χ0n) is 14.8. The van der Waals surface area contributed by atoms with Crippen LogP contribution in [0.4, 0.5) is 0 Å². The predicted molar refractivity (Wildman–Crippen MR) is 92.9 cm³/mol. The van der Waals surface area contributed by atoms with E-state index in [9.17, 15) is 13.2 Å². The molecule has 1 aromatic carbocycles. The minimum absolute atomic E-state index is 0.0146. The number of benzene rings is 1. The second-order valence-corrected chi connectivity index (χ2v) is 7.45. The van der Waals surface area contributed by atoms with Crippen molar-refractivity contribution in [1.29, 1.82) is 0 Å². The van der Waals surface area contributed by atoms with Gasteiger partial charge in [-0.3, -0.25) is 8.98 Å². The summed E-state index contributed by atoms with van der Waals surface area (Å²) < 4.78 is 44.8. The quantitative estimate of drug-likeness (QED) is 0.597. The molecular formula is C16H24N2O7S. The number of ether oxygens (including phenoxy) is 3. The molecule has 1 aliphatic heterocycles. The van der Waals surface area contributed by atoms with Gasteiger partial charge in [0.05, 0.1) is 6.26 Å². The van der Waals surface area contributed by atoms with E-state index in [1.165, 1.54) is 14.2 Å². The fraction of sp³-hybridized carbons (Fsp3) is 0.562. The molecule has 0 unspecified atom stereocenters. The predicted octanol–water partition coefficient (Wildman–Crippen LogP) is -0.525. The Morgan fingerprint density at radius 3 is 2.35 bits per heavy atom. The van der Waals surface area contributed by atoms with Crippen LogP contribution in [0.25, 0.3) is 0 Å². The Bertz CT molecular complexity index is 698. The Hall–Kier alpha value is -1.56. The van der Waals surface area contributed by atoms with Gasteiger partial charge in [0, 0.05) is 26.3 Å². The first-order chi connectivity index (χ1) is 12.3. The van der Waals surface area contributed by atoms with Crippen LogP contribution < -0.4 is 11.1 Å². The highest BCUT2D eigenvalue weighted by molar-refractivity contribution is 7.86. The summed E-state index contributed by atoms with van der Waals surface area (Å²) >= 11 is 0. The summed E-state index contributed by atoms with van der Waals surface area (Å²) in [5.41, 5.74) is 6.12. The maximum Gasteiger partial charge on any atom is 0.264 e. The molecule has 26 heavy (non-hydrogen) atoms. The average Bonchev–Trinajstić information content (AvgIpc) is 2.61. The lowest BCUT2D eigenvalue weighted by molar-refractivity contribution is -0.251. The maximum absolute atomic E-state index is 12.5. The first-order valence-corrected chi connectivity index (χ1v) is 9.77. The minimum atomic E-state index is -3.81. The van der Waals surface area contributed by atoms with Gasteiger partial charge < -0.3 is 25.3 Å². The largest absolute Gasteiger partial charge is 0.376 e. The number of methoxy groups -OCH3 is 2. The van der Waals surface area contributed by atoms with Crippen LogP contribution in [0.15, 0.2) is 30.3 Å². The molecular weight excluding hydrogens is 364 g/mol. The van der Waals surface area contributed by atoms with Crippen LogP contribution in [-0.4, -0.2) is 72.0 Å². The summed E-state index contributed by atoms with van der Waals surface area (Å²) in [6, 6.07) is 7.73. The molecule has 9 nitrogen and oxygen atoms in total. The normalized spacial score (nSPS) is 29.3. The Morgan fingerprint density at radius 1 is 1.19 bits per heavy atom. The second-order valence-electron chi connectivity index (χ2n) is 5.84. The van der Waals surface area contributed by atoms with Crippen LogP contribution in [-0.2, 0) is 28.5 Å². The third-order valence-corrected chi connectivity index (χ3v) is 4.57. The van der Waals surface area contributed by atoms with E-state index in [1.54, 1.807) is 30.3 Å². The van der Waals surface area contributed by atoms with Gasteiger partial charge in [-0.25, -0.2) is 0 Å². The highest BCUT2D eigenvalue weighted by atomic mass is 32.2. The van der Waals surface area contributed by atoms with Gasteiger partial charge in [0.1, 0.15) is 24.4 Å². The summed E-state index contributed by atoms with van der Waals surface area (Å²) in [4.78, 5) is 12.5. The molecule has 0 bridgehead atoms. The van der Waals surface area contributed by atoms with Gasteiger partial charge in [-0.2, -0.15) is 8.42 Å². The Kier molecular flexibility index (Phi) is 7.09. The van der Waals surface area contributed by atoms with E-state index in [0.29, 0.717) is 5.56 Å². The Morgan fingerprint density at radius 2 is 1.85 bits per heavy atom. The second kappa shape index (κ2) is 8.89. The zero-order valence-corrected chi connectivity index (χ0v) is 15.6.